The van der Waals surface area contributed by atoms with Gasteiger partial charge in [-0.15, -0.1) is 11.3 Å². The van der Waals surface area contributed by atoms with Crippen molar-refractivity contribution in [1.82, 2.24) is 4.98 Å². The van der Waals surface area contributed by atoms with Gasteiger partial charge in [0.05, 0.1) is 25.8 Å². The summed E-state index contributed by atoms with van der Waals surface area (Å²) >= 11 is 1.26. The lowest BCUT2D eigenvalue weighted by Gasteiger charge is -2.36. The van der Waals surface area contributed by atoms with Gasteiger partial charge < -0.3 is 14.2 Å². The van der Waals surface area contributed by atoms with Crippen LogP contribution in [0.2, 0.25) is 0 Å². The maximum Gasteiger partial charge on any atom is 0.309 e. The average molecular weight is 459 g/mol. The fourth-order valence-electron chi connectivity index (χ4n) is 4.55. The second kappa shape index (κ2) is 9.68. The number of thiazole rings is 1. The zero-order chi connectivity index (χ0) is 22.7. The van der Waals surface area contributed by atoms with E-state index in [1.807, 2.05) is 6.07 Å². The highest BCUT2D eigenvalue weighted by atomic mass is 32.1. The number of Topliss-reactive ketones (excluding diaryl/α,β-unsaturated/α-hetero) is 1. The van der Waals surface area contributed by atoms with Gasteiger partial charge in [0.1, 0.15) is 17.3 Å². The molecule has 2 aromatic rings. The molecule has 1 unspecified atom stereocenters. The number of aromatic nitrogens is 1. The molecule has 32 heavy (non-hydrogen) atoms. The maximum absolute atomic E-state index is 12.5. The highest BCUT2D eigenvalue weighted by molar-refractivity contribution is 7.14. The van der Waals surface area contributed by atoms with Gasteiger partial charge in [-0.05, 0) is 43.9 Å². The number of carbonyl (C=O) groups excluding carboxylic acids is 3. The SMILES string of the molecule is COc1ccc(OC)c(-c2csc(NC(=O)COC(=O)C3C[C@H]4CCC[C@@H](C3)C4=O)n2)c1. The van der Waals surface area contributed by atoms with Crippen molar-refractivity contribution in [2.24, 2.45) is 17.8 Å². The maximum atomic E-state index is 12.5. The van der Waals surface area contributed by atoms with Crippen molar-refractivity contribution in [3.8, 4) is 22.8 Å². The molecular formula is C23H26N2O6S. The highest BCUT2D eigenvalue weighted by Crippen LogP contribution is 2.40. The third-order valence-electron chi connectivity index (χ3n) is 6.16. The first-order valence-electron chi connectivity index (χ1n) is 10.7. The van der Waals surface area contributed by atoms with Gasteiger partial charge in [0.25, 0.3) is 5.91 Å². The van der Waals surface area contributed by atoms with E-state index in [2.05, 4.69) is 10.3 Å². The number of nitrogens with zero attached hydrogens (tertiary/aromatic N) is 1. The first kappa shape index (κ1) is 22.3. The van der Waals surface area contributed by atoms with E-state index in [9.17, 15) is 14.4 Å². The van der Waals surface area contributed by atoms with Crippen molar-refractivity contribution < 1.29 is 28.6 Å². The Hall–Kier alpha value is -2.94. The van der Waals surface area contributed by atoms with Crippen molar-refractivity contribution in [3.05, 3.63) is 23.6 Å². The zero-order valence-electron chi connectivity index (χ0n) is 18.1. The summed E-state index contributed by atoms with van der Waals surface area (Å²) in [6, 6.07) is 5.39. The number of methoxy groups -OCH3 is 2. The van der Waals surface area contributed by atoms with Gasteiger partial charge in [-0.3, -0.25) is 19.7 Å². The molecule has 2 bridgehead atoms. The summed E-state index contributed by atoms with van der Waals surface area (Å²) < 4.78 is 15.9. The molecule has 0 saturated heterocycles. The minimum Gasteiger partial charge on any atom is -0.497 e. The molecule has 1 N–H and O–H groups in total. The van der Waals surface area contributed by atoms with Crippen LogP contribution in [0.25, 0.3) is 11.3 Å². The molecule has 1 aromatic heterocycles. The lowest BCUT2D eigenvalue weighted by molar-refractivity contribution is -0.155. The van der Waals surface area contributed by atoms with Crippen LogP contribution in [0, 0.1) is 17.8 Å². The molecule has 8 nitrogen and oxygen atoms in total. The second-order valence-electron chi connectivity index (χ2n) is 8.16. The van der Waals surface area contributed by atoms with Gasteiger partial charge in [0.15, 0.2) is 11.7 Å². The van der Waals surface area contributed by atoms with Crippen molar-refractivity contribution >= 4 is 34.1 Å². The summed E-state index contributed by atoms with van der Waals surface area (Å²) in [4.78, 5) is 41.4. The van der Waals surface area contributed by atoms with E-state index in [1.54, 1.807) is 31.7 Å². The first-order chi connectivity index (χ1) is 15.5. The minimum absolute atomic E-state index is 0.0313. The Kier molecular flexibility index (Phi) is 6.74. The number of hydrogen-bond acceptors (Lipinski definition) is 8. The molecule has 2 saturated carbocycles. The highest BCUT2D eigenvalue weighted by Gasteiger charge is 2.41. The summed E-state index contributed by atoms with van der Waals surface area (Å²) in [5, 5.41) is 4.86. The number of carbonyl (C=O) groups is 3. The molecule has 0 spiro atoms. The van der Waals surface area contributed by atoms with E-state index in [0.29, 0.717) is 40.9 Å². The third kappa shape index (κ3) is 4.77. The molecule has 4 rings (SSSR count). The molecule has 1 aromatic carbocycles. The Morgan fingerprint density at radius 3 is 2.59 bits per heavy atom. The number of benzene rings is 1. The standard InChI is InChI=1S/C23H26N2O6S/c1-29-16-6-7-19(30-2)17(10-16)18-12-32-23(24-18)25-20(26)11-31-22(28)15-8-13-4-3-5-14(9-15)21(13)27/h6-7,10,12-15H,3-5,8-9,11H2,1-2H3,(H,24,25,26)/t13-,14+,15?. The summed E-state index contributed by atoms with van der Waals surface area (Å²) in [6.45, 7) is -0.379. The average Bonchev–Trinajstić information content (AvgIpc) is 3.25. The molecule has 170 valence electrons. The number of anilines is 1. The number of fused-ring (bicyclic) bond motifs is 2. The Morgan fingerprint density at radius 1 is 1.16 bits per heavy atom. The fourth-order valence-corrected chi connectivity index (χ4v) is 5.28. The largest absolute Gasteiger partial charge is 0.497 e. The lowest BCUT2D eigenvalue weighted by atomic mass is 9.67. The Morgan fingerprint density at radius 2 is 1.91 bits per heavy atom. The van der Waals surface area contributed by atoms with Crippen LogP contribution < -0.4 is 14.8 Å². The van der Waals surface area contributed by atoms with Crippen molar-refractivity contribution in [1.29, 1.82) is 0 Å². The second-order valence-corrected chi connectivity index (χ2v) is 9.01. The molecule has 1 heterocycles. The van der Waals surface area contributed by atoms with Crippen LogP contribution in [0.4, 0.5) is 5.13 Å². The van der Waals surface area contributed by atoms with Gasteiger partial charge in [0, 0.05) is 22.8 Å². The number of hydrogen-bond donors (Lipinski definition) is 1. The molecule has 9 heteroatoms. The molecule has 3 atom stereocenters. The van der Waals surface area contributed by atoms with E-state index in [1.165, 1.54) is 11.3 Å². The van der Waals surface area contributed by atoms with Crippen LogP contribution in [-0.4, -0.2) is 43.5 Å². The number of esters is 1. The molecular weight excluding hydrogens is 432 g/mol. The normalized spacial score (nSPS) is 22.2. The van der Waals surface area contributed by atoms with Crippen molar-refractivity contribution in [3.63, 3.8) is 0 Å². The van der Waals surface area contributed by atoms with E-state index in [4.69, 9.17) is 14.2 Å². The number of ether oxygens (including phenoxy) is 3. The summed E-state index contributed by atoms with van der Waals surface area (Å²) in [5.41, 5.74) is 1.38. The Balaban J connectivity index is 1.32. The van der Waals surface area contributed by atoms with Crippen LogP contribution in [0.15, 0.2) is 23.6 Å². The quantitative estimate of drug-likeness (QED) is 0.631. The third-order valence-corrected chi connectivity index (χ3v) is 6.92. The van der Waals surface area contributed by atoms with Crippen LogP contribution in [0.1, 0.15) is 32.1 Å². The Bertz CT molecular complexity index is 1000. The topological polar surface area (TPSA) is 104 Å². The zero-order valence-corrected chi connectivity index (χ0v) is 18.9. The number of ketones is 1. The summed E-state index contributed by atoms with van der Waals surface area (Å²) in [6.07, 6.45) is 3.82. The van der Waals surface area contributed by atoms with Crippen LogP contribution in [0.3, 0.4) is 0 Å². The van der Waals surface area contributed by atoms with Gasteiger partial charge in [-0.25, -0.2) is 4.98 Å². The smallest absolute Gasteiger partial charge is 0.309 e. The van der Waals surface area contributed by atoms with Gasteiger partial charge in [-0.1, -0.05) is 6.42 Å². The van der Waals surface area contributed by atoms with E-state index in [0.717, 1.165) is 24.8 Å². The number of amides is 1. The van der Waals surface area contributed by atoms with E-state index >= 15 is 0 Å². The molecule has 2 aliphatic carbocycles. The lowest BCUT2D eigenvalue weighted by Crippen LogP contribution is -2.40. The fraction of sp³-hybridized carbons (Fsp3) is 0.478. The van der Waals surface area contributed by atoms with E-state index in [-0.39, 0.29) is 24.4 Å². The van der Waals surface area contributed by atoms with E-state index < -0.39 is 11.9 Å². The molecule has 0 aliphatic heterocycles. The molecule has 2 aliphatic rings. The molecule has 0 radical (unpaired) electrons. The molecule has 2 fully saturated rings. The van der Waals surface area contributed by atoms with Gasteiger partial charge in [0.2, 0.25) is 0 Å². The van der Waals surface area contributed by atoms with Crippen LogP contribution in [-0.2, 0) is 19.1 Å². The predicted molar refractivity (Wildman–Crippen MR) is 119 cm³/mol. The first-order valence-corrected chi connectivity index (χ1v) is 11.5. The number of rotatable bonds is 7. The van der Waals surface area contributed by atoms with Gasteiger partial charge >= 0.3 is 5.97 Å². The minimum atomic E-state index is -0.455. The van der Waals surface area contributed by atoms with Gasteiger partial charge in [-0.2, -0.15) is 0 Å². The number of nitrogens with one attached hydrogen (secondary N) is 1. The summed E-state index contributed by atoms with van der Waals surface area (Å²) in [7, 11) is 3.15. The van der Waals surface area contributed by atoms with Crippen LogP contribution in [0.5, 0.6) is 11.5 Å². The predicted octanol–water partition coefficient (Wildman–Crippen LogP) is 3.70. The monoisotopic (exact) mass is 458 g/mol. The van der Waals surface area contributed by atoms with Crippen molar-refractivity contribution in [2.75, 3.05) is 26.1 Å². The molecule has 1 amide bonds. The Labute approximate surface area is 190 Å². The van der Waals surface area contributed by atoms with Crippen LogP contribution >= 0.6 is 11.3 Å². The van der Waals surface area contributed by atoms with Crippen molar-refractivity contribution in [2.45, 2.75) is 32.1 Å². The summed E-state index contributed by atoms with van der Waals surface area (Å²) in [5.74, 6) is 0.383.